The normalized spacial score (nSPS) is 16.7. The minimum Gasteiger partial charge on any atom is -0.326 e. The Labute approximate surface area is 117 Å². The molecule has 0 aliphatic carbocycles. The number of nitrogens with one attached hydrogen (secondary N) is 1. The molecule has 0 saturated heterocycles. The molecule has 3 amide bonds. The molecule has 104 valence electrons. The summed E-state index contributed by atoms with van der Waals surface area (Å²) in [4.78, 5) is 31.4. The van der Waals surface area contributed by atoms with E-state index in [1.54, 1.807) is 22.9 Å². The van der Waals surface area contributed by atoms with Crippen LogP contribution in [0.25, 0.3) is 0 Å². The van der Waals surface area contributed by atoms with Crippen LogP contribution in [-0.4, -0.2) is 42.8 Å². The van der Waals surface area contributed by atoms with Crippen molar-refractivity contribution in [3.8, 4) is 0 Å². The lowest BCUT2D eigenvalue weighted by Crippen LogP contribution is -2.48. The molecule has 1 aromatic rings. The second-order valence-electron chi connectivity index (χ2n) is 4.83. The van der Waals surface area contributed by atoms with Crippen molar-refractivity contribution in [1.29, 1.82) is 0 Å². The number of amidine groups is 1. The zero-order valence-electron chi connectivity index (χ0n) is 11.5. The van der Waals surface area contributed by atoms with Gasteiger partial charge in [0, 0.05) is 31.3 Å². The van der Waals surface area contributed by atoms with E-state index < -0.39 is 0 Å². The van der Waals surface area contributed by atoms with Crippen LogP contribution in [0.15, 0.2) is 23.2 Å². The second-order valence-corrected chi connectivity index (χ2v) is 4.83. The SMILES string of the molecule is CCC(=O)Nc1ccc2c(c1)C1=NCCN1C(=O)N2C. The smallest absolute Gasteiger partial charge is 0.326 e. The summed E-state index contributed by atoms with van der Waals surface area (Å²) in [7, 11) is 1.75. The average molecular weight is 272 g/mol. The summed E-state index contributed by atoms with van der Waals surface area (Å²) in [6.07, 6.45) is 0.433. The van der Waals surface area contributed by atoms with Crippen molar-refractivity contribution in [1.82, 2.24) is 4.90 Å². The Morgan fingerprint density at radius 1 is 1.45 bits per heavy atom. The van der Waals surface area contributed by atoms with Crippen LogP contribution in [0.4, 0.5) is 16.2 Å². The Hall–Kier alpha value is -2.37. The third-order valence-electron chi connectivity index (χ3n) is 3.56. The Morgan fingerprint density at radius 3 is 3.00 bits per heavy atom. The highest BCUT2D eigenvalue weighted by molar-refractivity contribution is 6.20. The molecule has 2 aliphatic rings. The zero-order valence-corrected chi connectivity index (χ0v) is 11.5. The number of nitrogens with zero attached hydrogens (tertiary/aromatic N) is 3. The topological polar surface area (TPSA) is 65.0 Å². The lowest BCUT2D eigenvalue weighted by atomic mass is 10.1. The fraction of sp³-hybridized carbons (Fsp3) is 0.357. The van der Waals surface area contributed by atoms with Crippen molar-refractivity contribution >= 4 is 29.1 Å². The lowest BCUT2D eigenvalue weighted by Gasteiger charge is -2.33. The van der Waals surface area contributed by atoms with Gasteiger partial charge in [0.1, 0.15) is 5.84 Å². The number of benzene rings is 1. The summed E-state index contributed by atoms with van der Waals surface area (Å²) in [5, 5.41) is 2.83. The summed E-state index contributed by atoms with van der Waals surface area (Å²) in [6.45, 7) is 3.05. The summed E-state index contributed by atoms with van der Waals surface area (Å²) < 4.78 is 0. The van der Waals surface area contributed by atoms with E-state index in [1.807, 2.05) is 19.1 Å². The molecule has 20 heavy (non-hydrogen) atoms. The number of fused-ring (bicyclic) bond motifs is 3. The van der Waals surface area contributed by atoms with Crippen LogP contribution in [0.3, 0.4) is 0 Å². The molecule has 0 fully saturated rings. The number of carbonyl (C=O) groups is 2. The molecule has 3 rings (SSSR count). The molecule has 1 N–H and O–H groups in total. The maximum Gasteiger partial charge on any atom is 0.329 e. The van der Waals surface area contributed by atoms with E-state index in [0.717, 1.165) is 16.9 Å². The van der Waals surface area contributed by atoms with Crippen molar-refractivity contribution < 1.29 is 9.59 Å². The summed E-state index contributed by atoms with van der Waals surface area (Å²) >= 11 is 0. The van der Waals surface area contributed by atoms with Crippen molar-refractivity contribution in [3.05, 3.63) is 23.8 Å². The van der Waals surface area contributed by atoms with Gasteiger partial charge >= 0.3 is 6.03 Å². The van der Waals surface area contributed by atoms with Crippen molar-refractivity contribution in [2.75, 3.05) is 30.4 Å². The van der Waals surface area contributed by atoms with E-state index in [9.17, 15) is 9.59 Å². The predicted molar refractivity (Wildman–Crippen MR) is 77.3 cm³/mol. The predicted octanol–water partition coefficient (Wildman–Crippen LogP) is 1.67. The molecule has 0 radical (unpaired) electrons. The first-order chi connectivity index (χ1) is 9.61. The lowest BCUT2D eigenvalue weighted by molar-refractivity contribution is -0.115. The second kappa shape index (κ2) is 4.63. The minimum atomic E-state index is -0.0564. The first-order valence-electron chi connectivity index (χ1n) is 6.65. The Kier molecular flexibility index (Phi) is 2.93. The number of anilines is 2. The van der Waals surface area contributed by atoms with Crippen LogP contribution in [-0.2, 0) is 4.79 Å². The summed E-state index contributed by atoms with van der Waals surface area (Å²) in [5.74, 6) is 0.672. The molecule has 6 nitrogen and oxygen atoms in total. The molecule has 0 atom stereocenters. The third kappa shape index (κ3) is 1.84. The third-order valence-corrected chi connectivity index (χ3v) is 3.56. The van der Waals surface area contributed by atoms with Gasteiger partial charge < -0.3 is 5.32 Å². The summed E-state index contributed by atoms with van der Waals surface area (Å²) in [5.41, 5.74) is 2.44. The molecule has 0 unspecified atom stereocenters. The standard InChI is InChI=1S/C14H16N4O2/c1-3-12(19)16-9-4-5-11-10(8-9)13-15-6-7-18(13)14(20)17(11)2/h4-5,8H,3,6-7H2,1-2H3,(H,16,19). The fourth-order valence-corrected chi connectivity index (χ4v) is 2.48. The quantitative estimate of drug-likeness (QED) is 0.890. The highest BCUT2D eigenvalue weighted by Gasteiger charge is 2.35. The van der Waals surface area contributed by atoms with E-state index >= 15 is 0 Å². The average Bonchev–Trinajstić information content (AvgIpc) is 2.94. The Bertz CT molecular complexity index is 624. The van der Waals surface area contributed by atoms with Crippen molar-refractivity contribution in [3.63, 3.8) is 0 Å². The van der Waals surface area contributed by atoms with E-state index in [0.29, 0.717) is 25.3 Å². The first kappa shape index (κ1) is 12.7. The minimum absolute atomic E-state index is 0.0320. The molecule has 2 aliphatic heterocycles. The summed E-state index contributed by atoms with van der Waals surface area (Å²) in [6, 6.07) is 5.47. The largest absolute Gasteiger partial charge is 0.329 e. The van der Waals surface area contributed by atoms with E-state index in [2.05, 4.69) is 10.3 Å². The van der Waals surface area contributed by atoms with Crippen LogP contribution < -0.4 is 10.2 Å². The number of amides is 3. The maximum atomic E-state index is 12.2. The van der Waals surface area contributed by atoms with Crippen molar-refractivity contribution in [2.45, 2.75) is 13.3 Å². The van der Waals surface area contributed by atoms with Crippen LogP contribution in [0.2, 0.25) is 0 Å². The molecular formula is C14H16N4O2. The fourth-order valence-electron chi connectivity index (χ4n) is 2.48. The first-order valence-corrected chi connectivity index (χ1v) is 6.65. The van der Waals surface area contributed by atoms with Crippen LogP contribution in [0.5, 0.6) is 0 Å². The van der Waals surface area contributed by atoms with Gasteiger partial charge in [-0.1, -0.05) is 6.92 Å². The van der Waals surface area contributed by atoms with Crippen LogP contribution in [0.1, 0.15) is 18.9 Å². The number of hydrogen-bond acceptors (Lipinski definition) is 3. The number of hydrogen-bond donors (Lipinski definition) is 1. The monoisotopic (exact) mass is 272 g/mol. The highest BCUT2D eigenvalue weighted by atomic mass is 16.2. The molecular weight excluding hydrogens is 256 g/mol. The van der Waals surface area contributed by atoms with E-state index in [4.69, 9.17) is 0 Å². The molecule has 6 heteroatoms. The highest BCUT2D eigenvalue weighted by Crippen LogP contribution is 2.31. The maximum absolute atomic E-state index is 12.2. The molecule has 0 bridgehead atoms. The number of rotatable bonds is 2. The van der Waals surface area contributed by atoms with Gasteiger partial charge in [-0.2, -0.15) is 0 Å². The molecule has 0 spiro atoms. The van der Waals surface area contributed by atoms with Gasteiger partial charge in [0.25, 0.3) is 0 Å². The Balaban J connectivity index is 2.03. The van der Waals surface area contributed by atoms with Gasteiger partial charge in [0.05, 0.1) is 12.2 Å². The van der Waals surface area contributed by atoms with Crippen LogP contribution >= 0.6 is 0 Å². The van der Waals surface area contributed by atoms with Gasteiger partial charge in [0.15, 0.2) is 0 Å². The van der Waals surface area contributed by atoms with Crippen LogP contribution in [0, 0.1) is 0 Å². The van der Waals surface area contributed by atoms with Gasteiger partial charge in [-0.05, 0) is 18.2 Å². The number of carbonyl (C=O) groups excluding carboxylic acids is 2. The number of aliphatic imine (C=N–C) groups is 1. The van der Waals surface area contributed by atoms with Crippen molar-refractivity contribution in [2.24, 2.45) is 4.99 Å². The number of urea groups is 1. The molecule has 1 aromatic carbocycles. The van der Waals surface area contributed by atoms with Gasteiger partial charge in [-0.15, -0.1) is 0 Å². The van der Waals surface area contributed by atoms with Gasteiger partial charge in [0.2, 0.25) is 5.91 Å². The van der Waals surface area contributed by atoms with Gasteiger partial charge in [-0.3, -0.25) is 19.6 Å². The zero-order chi connectivity index (χ0) is 14.3. The molecule has 2 heterocycles. The Morgan fingerprint density at radius 2 is 2.25 bits per heavy atom. The molecule has 0 saturated carbocycles. The molecule has 0 aromatic heterocycles. The van der Waals surface area contributed by atoms with Gasteiger partial charge in [-0.25, -0.2) is 4.79 Å². The van der Waals surface area contributed by atoms with E-state index in [-0.39, 0.29) is 11.9 Å². The van der Waals surface area contributed by atoms with E-state index in [1.165, 1.54) is 0 Å².